The zero-order valence-electron chi connectivity index (χ0n) is 4.55. The number of hydrogen-bond acceptors (Lipinski definition) is 1. The van der Waals surface area contributed by atoms with Crippen LogP contribution in [0.15, 0.2) is 0 Å². The predicted octanol–water partition coefficient (Wildman–Crippen LogP) is 1.18. The summed E-state index contributed by atoms with van der Waals surface area (Å²) < 4.78 is 5.27. The summed E-state index contributed by atoms with van der Waals surface area (Å²) in [6.07, 6.45) is 4.09. The smallest absolute Gasteiger partial charge is 0.0867 e. The Morgan fingerprint density at radius 1 is 1.43 bits per heavy atom. The second-order valence-corrected chi connectivity index (χ2v) is 2.69. The van der Waals surface area contributed by atoms with Crippen molar-refractivity contribution in [1.82, 2.24) is 0 Å². The van der Waals surface area contributed by atoms with E-state index in [-0.39, 0.29) is 0 Å². The first-order chi connectivity index (χ1) is 3.38. The van der Waals surface area contributed by atoms with E-state index in [1.165, 1.54) is 12.8 Å². The number of hydrogen-bond donors (Lipinski definition) is 0. The van der Waals surface area contributed by atoms with E-state index in [1.807, 2.05) is 0 Å². The van der Waals surface area contributed by atoms with Crippen LogP contribution >= 0.6 is 0 Å². The summed E-state index contributed by atoms with van der Waals surface area (Å²) in [4.78, 5) is 0. The second-order valence-electron chi connectivity index (χ2n) is 2.69. The first-order valence-corrected chi connectivity index (χ1v) is 3.03. The molecule has 0 aromatic rings. The molecule has 2 aliphatic rings. The molecule has 0 N–H and O–H groups in total. The summed E-state index contributed by atoms with van der Waals surface area (Å²) in [6, 6.07) is 0. The van der Waals surface area contributed by atoms with Gasteiger partial charge >= 0.3 is 0 Å². The van der Waals surface area contributed by atoms with Crippen LogP contribution < -0.4 is 0 Å². The van der Waals surface area contributed by atoms with Crippen molar-refractivity contribution in [3.8, 4) is 0 Å². The van der Waals surface area contributed by atoms with E-state index in [9.17, 15) is 0 Å². The number of fused-ring (bicyclic) bond motifs is 1. The fourth-order valence-corrected chi connectivity index (χ4v) is 1.48. The monoisotopic (exact) mass is 98.1 g/mol. The fraction of sp³-hybridized carbons (Fsp3) is 1.00. The summed E-state index contributed by atoms with van der Waals surface area (Å²) in [5.41, 5.74) is 0. The minimum absolute atomic E-state index is 0.681. The molecule has 7 heavy (non-hydrogen) atoms. The lowest BCUT2D eigenvalue weighted by atomic mass is 10.1. The Kier molecular flexibility index (Phi) is 0.571. The van der Waals surface area contributed by atoms with E-state index in [2.05, 4.69) is 6.92 Å². The van der Waals surface area contributed by atoms with E-state index in [0.717, 1.165) is 5.92 Å². The molecule has 0 spiro atoms. The Hall–Kier alpha value is -0.0400. The van der Waals surface area contributed by atoms with E-state index >= 15 is 0 Å². The van der Waals surface area contributed by atoms with E-state index in [1.54, 1.807) is 0 Å². The first kappa shape index (κ1) is 3.90. The Balaban J connectivity index is 2.08. The van der Waals surface area contributed by atoms with Crippen LogP contribution in [0, 0.1) is 5.92 Å². The van der Waals surface area contributed by atoms with Crippen molar-refractivity contribution in [2.24, 2.45) is 5.92 Å². The van der Waals surface area contributed by atoms with Gasteiger partial charge in [-0.2, -0.15) is 0 Å². The average molecular weight is 98.1 g/mol. The highest BCUT2D eigenvalue weighted by Crippen LogP contribution is 2.42. The lowest BCUT2D eigenvalue weighted by molar-refractivity contribution is 0.276. The second kappa shape index (κ2) is 1.03. The van der Waals surface area contributed by atoms with Gasteiger partial charge in [0.1, 0.15) is 0 Å². The van der Waals surface area contributed by atoms with Crippen molar-refractivity contribution < 1.29 is 4.74 Å². The van der Waals surface area contributed by atoms with Crippen molar-refractivity contribution >= 4 is 0 Å². The number of rotatable bonds is 0. The van der Waals surface area contributed by atoms with Crippen LogP contribution in [-0.2, 0) is 4.74 Å². The first-order valence-electron chi connectivity index (χ1n) is 3.03. The van der Waals surface area contributed by atoms with Crippen LogP contribution in [0.2, 0.25) is 0 Å². The molecule has 1 saturated carbocycles. The van der Waals surface area contributed by atoms with Crippen molar-refractivity contribution in [1.29, 1.82) is 0 Å². The van der Waals surface area contributed by atoms with Crippen molar-refractivity contribution in [3.05, 3.63) is 0 Å². The molecular formula is C6H10O. The highest BCUT2D eigenvalue weighted by Gasteiger charge is 2.47. The van der Waals surface area contributed by atoms with Gasteiger partial charge in [0.15, 0.2) is 0 Å². The highest BCUT2D eigenvalue weighted by atomic mass is 16.6. The van der Waals surface area contributed by atoms with Gasteiger partial charge in [0.05, 0.1) is 12.2 Å². The van der Waals surface area contributed by atoms with Crippen LogP contribution in [0.5, 0.6) is 0 Å². The average Bonchev–Trinajstić information content (AvgIpc) is 2.33. The molecular weight excluding hydrogens is 88.1 g/mol. The maximum absolute atomic E-state index is 5.27. The van der Waals surface area contributed by atoms with Crippen LogP contribution in [0.25, 0.3) is 0 Å². The molecule has 1 saturated heterocycles. The fourth-order valence-electron chi connectivity index (χ4n) is 1.48. The van der Waals surface area contributed by atoms with Crippen molar-refractivity contribution in [3.63, 3.8) is 0 Å². The maximum Gasteiger partial charge on any atom is 0.0867 e. The minimum atomic E-state index is 0.681. The summed E-state index contributed by atoms with van der Waals surface area (Å²) in [6.45, 7) is 2.28. The third kappa shape index (κ3) is 0.418. The minimum Gasteiger partial charge on any atom is -0.369 e. The van der Waals surface area contributed by atoms with E-state index in [0.29, 0.717) is 12.2 Å². The van der Waals surface area contributed by atoms with Gasteiger partial charge in [-0.25, -0.2) is 0 Å². The van der Waals surface area contributed by atoms with E-state index < -0.39 is 0 Å². The molecule has 2 rings (SSSR count). The number of epoxide rings is 1. The molecule has 0 aromatic heterocycles. The van der Waals surface area contributed by atoms with Crippen LogP contribution in [0.3, 0.4) is 0 Å². The SMILES string of the molecule is C[C@@H]1CC[C@@H]2O[C@H]12. The highest BCUT2D eigenvalue weighted by molar-refractivity contribution is 4.95. The van der Waals surface area contributed by atoms with Gasteiger partial charge in [-0.15, -0.1) is 0 Å². The molecule has 40 valence electrons. The summed E-state index contributed by atoms with van der Waals surface area (Å²) in [5.74, 6) is 0.866. The molecule has 2 fully saturated rings. The molecule has 0 radical (unpaired) electrons. The van der Waals surface area contributed by atoms with Gasteiger partial charge in [0.2, 0.25) is 0 Å². The van der Waals surface area contributed by atoms with Crippen LogP contribution in [0.4, 0.5) is 0 Å². The van der Waals surface area contributed by atoms with Gasteiger partial charge in [0, 0.05) is 0 Å². The van der Waals surface area contributed by atoms with Gasteiger partial charge in [0.25, 0.3) is 0 Å². The zero-order chi connectivity index (χ0) is 4.85. The summed E-state index contributed by atoms with van der Waals surface area (Å²) >= 11 is 0. The third-order valence-electron chi connectivity index (χ3n) is 2.09. The predicted molar refractivity (Wildman–Crippen MR) is 27.1 cm³/mol. The van der Waals surface area contributed by atoms with Crippen LogP contribution in [-0.4, -0.2) is 12.2 Å². The Morgan fingerprint density at radius 2 is 2.29 bits per heavy atom. The lowest BCUT2D eigenvalue weighted by Gasteiger charge is -1.97. The molecule has 1 heterocycles. The molecule has 3 atom stereocenters. The Labute approximate surface area is 43.7 Å². The Morgan fingerprint density at radius 3 is 2.43 bits per heavy atom. The molecule has 1 aliphatic heterocycles. The zero-order valence-corrected chi connectivity index (χ0v) is 4.55. The normalized spacial score (nSPS) is 57.0. The molecule has 1 nitrogen and oxygen atoms in total. The molecule has 1 heteroatoms. The van der Waals surface area contributed by atoms with Gasteiger partial charge < -0.3 is 4.74 Å². The molecule has 0 amide bonds. The van der Waals surface area contributed by atoms with Crippen LogP contribution in [0.1, 0.15) is 19.8 Å². The molecule has 1 aliphatic carbocycles. The van der Waals surface area contributed by atoms with E-state index in [4.69, 9.17) is 4.74 Å². The quantitative estimate of drug-likeness (QED) is 0.414. The maximum atomic E-state index is 5.27. The lowest BCUT2D eigenvalue weighted by Crippen LogP contribution is -1.95. The van der Waals surface area contributed by atoms with Gasteiger partial charge in [-0.3, -0.25) is 0 Å². The molecule has 0 unspecified atom stereocenters. The van der Waals surface area contributed by atoms with Crippen molar-refractivity contribution in [2.75, 3.05) is 0 Å². The third-order valence-corrected chi connectivity index (χ3v) is 2.09. The standard InChI is InChI=1S/C6H10O/c1-4-2-3-5-6(4)7-5/h4-6H,2-3H2,1H3/t4-,5+,6-/m1/s1. The molecule has 0 aromatic carbocycles. The molecule has 0 bridgehead atoms. The largest absolute Gasteiger partial charge is 0.369 e. The Bertz CT molecular complexity index is 90.2. The van der Waals surface area contributed by atoms with Gasteiger partial charge in [-0.05, 0) is 18.8 Å². The summed E-state index contributed by atoms with van der Waals surface area (Å²) in [5, 5.41) is 0. The van der Waals surface area contributed by atoms with Gasteiger partial charge in [-0.1, -0.05) is 6.92 Å². The summed E-state index contributed by atoms with van der Waals surface area (Å²) in [7, 11) is 0. The topological polar surface area (TPSA) is 12.5 Å². The number of ether oxygens (including phenoxy) is 1. The van der Waals surface area contributed by atoms with Crippen molar-refractivity contribution in [2.45, 2.75) is 32.0 Å².